The maximum absolute atomic E-state index is 14.3. The fourth-order valence-electron chi connectivity index (χ4n) is 3.59. The summed E-state index contributed by atoms with van der Waals surface area (Å²) in [6.45, 7) is 4.61. The molecule has 1 fully saturated rings. The lowest BCUT2D eigenvalue weighted by molar-refractivity contribution is -0.122. The van der Waals surface area contributed by atoms with Crippen molar-refractivity contribution < 1.29 is 18.7 Å². The summed E-state index contributed by atoms with van der Waals surface area (Å²) in [4.78, 5) is 30.6. The molecule has 2 aliphatic rings. The molecule has 0 saturated carbocycles. The van der Waals surface area contributed by atoms with Crippen molar-refractivity contribution in [2.45, 2.75) is 49.5 Å². The Labute approximate surface area is 167 Å². The number of benzene rings is 1. The van der Waals surface area contributed by atoms with Crippen molar-refractivity contribution >= 4 is 29.1 Å². The monoisotopic (exact) mass is 400 g/mol. The Bertz CT molecular complexity index is 930. The number of ketones is 1. The van der Waals surface area contributed by atoms with Crippen molar-refractivity contribution in [3.8, 4) is 5.75 Å². The number of Topliss-reactive ketones (excluding diaryl/α,β-unsaturated/α-hetero) is 1. The number of nitrogens with zero attached hydrogens (tertiary/aromatic N) is 2. The molecule has 28 heavy (non-hydrogen) atoms. The highest BCUT2D eigenvalue weighted by Crippen LogP contribution is 2.32. The number of fused-ring (bicyclic) bond motifs is 1. The molecule has 1 amide bonds. The molecule has 0 bridgehead atoms. The molecule has 1 aliphatic heterocycles. The number of rotatable bonds is 5. The molecule has 0 spiro atoms. The summed E-state index contributed by atoms with van der Waals surface area (Å²) in [5, 5.41) is 1.34. The van der Waals surface area contributed by atoms with E-state index in [1.807, 2.05) is 6.07 Å². The zero-order valence-electron chi connectivity index (χ0n) is 15.8. The van der Waals surface area contributed by atoms with Crippen LogP contribution in [0, 0.1) is 5.82 Å². The van der Waals surface area contributed by atoms with Crippen LogP contribution in [-0.2, 0) is 11.2 Å². The van der Waals surface area contributed by atoms with Crippen molar-refractivity contribution in [2.75, 3.05) is 11.4 Å². The molecule has 4 rings (SSSR count). The van der Waals surface area contributed by atoms with Gasteiger partial charge in [0.25, 0.3) is 5.91 Å². The highest BCUT2D eigenvalue weighted by Gasteiger charge is 2.36. The number of pyridine rings is 1. The molecular formula is C21H21FN2O3S. The molecule has 2 heterocycles. The van der Waals surface area contributed by atoms with Crippen LogP contribution in [0.5, 0.6) is 5.75 Å². The second-order valence-corrected chi connectivity index (χ2v) is 8.86. The Morgan fingerprint density at radius 3 is 2.79 bits per heavy atom. The van der Waals surface area contributed by atoms with Crippen LogP contribution in [0.2, 0.25) is 0 Å². The van der Waals surface area contributed by atoms with Crippen LogP contribution in [-0.4, -0.2) is 34.6 Å². The van der Waals surface area contributed by atoms with Crippen molar-refractivity contribution in [1.29, 1.82) is 0 Å². The number of anilines is 1. The average molecular weight is 400 g/mol. The molecule has 5 nitrogen and oxygen atoms in total. The van der Waals surface area contributed by atoms with E-state index in [1.165, 1.54) is 11.0 Å². The van der Waals surface area contributed by atoms with Crippen LogP contribution in [0.25, 0.3) is 0 Å². The van der Waals surface area contributed by atoms with Crippen LogP contribution in [0.3, 0.4) is 0 Å². The topological polar surface area (TPSA) is 59.5 Å². The first-order valence-electron chi connectivity index (χ1n) is 9.38. The number of carbonyl (C=O) groups is 2. The van der Waals surface area contributed by atoms with Gasteiger partial charge in [0.2, 0.25) is 0 Å². The third-order valence-corrected chi connectivity index (χ3v) is 5.85. The molecule has 1 aliphatic carbocycles. The molecule has 1 unspecified atom stereocenters. The van der Waals surface area contributed by atoms with E-state index in [0.717, 1.165) is 5.03 Å². The first-order valence-corrected chi connectivity index (χ1v) is 10.3. The van der Waals surface area contributed by atoms with Gasteiger partial charge in [-0.05, 0) is 36.2 Å². The fourth-order valence-corrected chi connectivity index (χ4v) is 4.33. The van der Waals surface area contributed by atoms with Crippen molar-refractivity contribution in [1.82, 2.24) is 4.98 Å². The lowest BCUT2D eigenvalue weighted by Crippen LogP contribution is -2.32. The van der Waals surface area contributed by atoms with Gasteiger partial charge >= 0.3 is 0 Å². The third kappa shape index (κ3) is 3.63. The normalized spacial score (nSPS) is 18.9. The number of hydrogen-bond acceptors (Lipinski definition) is 5. The van der Waals surface area contributed by atoms with Crippen LogP contribution >= 0.6 is 11.8 Å². The average Bonchev–Trinajstić information content (AvgIpc) is 3.20. The SMILES string of the molecule is CC(C)Sc1ccc(OC2CCN(c3cc(F)c4c(c3)C(=O)CC4)C2=O)cn1. The molecule has 7 heteroatoms. The minimum absolute atomic E-state index is 0.0689. The van der Waals surface area contributed by atoms with Gasteiger partial charge in [-0.1, -0.05) is 13.8 Å². The van der Waals surface area contributed by atoms with Gasteiger partial charge < -0.3 is 9.64 Å². The summed E-state index contributed by atoms with van der Waals surface area (Å²) in [5.41, 5.74) is 1.28. The number of amides is 1. The van der Waals surface area contributed by atoms with Crippen LogP contribution in [0.15, 0.2) is 35.5 Å². The molecule has 1 saturated heterocycles. The molecule has 146 valence electrons. The van der Waals surface area contributed by atoms with Crippen LogP contribution < -0.4 is 9.64 Å². The number of thioether (sulfide) groups is 1. The van der Waals surface area contributed by atoms with Crippen LogP contribution in [0.4, 0.5) is 10.1 Å². The molecule has 0 N–H and O–H groups in total. The van der Waals surface area contributed by atoms with Gasteiger partial charge in [0.1, 0.15) is 11.6 Å². The van der Waals surface area contributed by atoms with E-state index >= 15 is 0 Å². The zero-order valence-corrected chi connectivity index (χ0v) is 16.6. The van der Waals surface area contributed by atoms with Gasteiger partial charge in [-0.15, -0.1) is 11.8 Å². The van der Waals surface area contributed by atoms with Crippen molar-refractivity contribution in [2.24, 2.45) is 0 Å². The minimum atomic E-state index is -0.641. The maximum atomic E-state index is 14.3. The quantitative estimate of drug-likeness (QED) is 0.709. The molecule has 2 aromatic rings. The van der Waals surface area contributed by atoms with E-state index in [-0.39, 0.29) is 11.7 Å². The second-order valence-electron chi connectivity index (χ2n) is 7.26. The second kappa shape index (κ2) is 7.54. The first-order chi connectivity index (χ1) is 13.4. The summed E-state index contributed by atoms with van der Waals surface area (Å²) in [5.74, 6) is -0.187. The maximum Gasteiger partial charge on any atom is 0.268 e. The molecule has 1 aromatic heterocycles. The predicted molar refractivity (Wildman–Crippen MR) is 106 cm³/mol. The number of hydrogen-bond donors (Lipinski definition) is 0. The summed E-state index contributed by atoms with van der Waals surface area (Å²) >= 11 is 1.65. The lowest BCUT2D eigenvalue weighted by Gasteiger charge is -2.18. The van der Waals surface area contributed by atoms with E-state index in [2.05, 4.69) is 18.8 Å². The third-order valence-electron chi connectivity index (χ3n) is 4.89. The lowest BCUT2D eigenvalue weighted by atomic mass is 10.1. The number of carbonyl (C=O) groups excluding carboxylic acids is 2. The van der Waals surface area contributed by atoms with E-state index < -0.39 is 11.9 Å². The highest BCUT2D eigenvalue weighted by atomic mass is 32.2. The van der Waals surface area contributed by atoms with Gasteiger partial charge in [0.05, 0.1) is 11.2 Å². The number of halogens is 1. The molecule has 1 atom stereocenters. The smallest absolute Gasteiger partial charge is 0.268 e. The van der Waals surface area contributed by atoms with Gasteiger partial charge in [0.15, 0.2) is 11.9 Å². The Balaban J connectivity index is 1.48. The van der Waals surface area contributed by atoms with E-state index in [1.54, 1.807) is 30.1 Å². The van der Waals surface area contributed by atoms with Gasteiger partial charge in [-0.3, -0.25) is 9.59 Å². The standard InChI is InChI=1S/C21H21FN2O3S/c1-12(2)28-20-6-3-14(11-23-20)27-19-7-8-24(21(19)26)13-9-16-15(17(22)10-13)4-5-18(16)25/h3,6,9-12,19H,4-5,7-8H2,1-2H3. The zero-order chi connectivity index (χ0) is 19.8. The molecular weight excluding hydrogens is 379 g/mol. The van der Waals surface area contributed by atoms with Crippen LogP contribution in [0.1, 0.15) is 42.6 Å². The van der Waals surface area contributed by atoms with Crippen molar-refractivity contribution in [3.05, 3.63) is 47.4 Å². The molecule has 0 radical (unpaired) electrons. The van der Waals surface area contributed by atoms with E-state index in [4.69, 9.17) is 4.74 Å². The van der Waals surface area contributed by atoms with Gasteiger partial charge in [-0.25, -0.2) is 9.37 Å². The largest absolute Gasteiger partial charge is 0.479 e. The highest BCUT2D eigenvalue weighted by molar-refractivity contribution is 7.99. The minimum Gasteiger partial charge on any atom is -0.479 e. The van der Waals surface area contributed by atoms with Crippen molar-refractivity contribution in [3.63, 3.8) is 0 Å². The predicted octanol–water partition coefficient (Wildman–Crippen LogP) is 4.03. The summed E-state index contributed by atoms with van der Waals surface area (Å²) < 4.78 is 20.2. The molecule has 1 aromatic carbocycles. The Kier molecular flexibility index (Phi) is 5.10. The Morgan fingerprint density at radius 2 is 2.07 bits per heavy atom. The Morgan fingerprint density at radius 1 is 1.25 bits per heavy atom. The first kappa shape index (κ1) is 18.9. The summed E-state index contributed by atoms with van der Waals surface area (Å²) in [6.07, 6.45) is 2.23. The fraction of sp³-hybridized carbons (Fsp3) is 0.381. The van der Waals surface area contributed by atoms with Gasteiger partial charge in [0, 0.05) is 35.9 Å². The van der Waals surface area contributed by atoms with E-state index in [0.29, 0.717) is 53.6 Å². The number of aromatic nitrogens is 1. The summed E-state index contributed by atoms with van der Waals surface area (Å²) in [6, 6.07) is 6.66. The summed E-state index contributed by atoms with van der Waals surface area (Å²) in [7, 11) is 0. The number of ether oxygens (including phenoxy) is 1. The Hall–Kier alpha value is -2.41. The van der Waals surface area contributed by atoms with E-state index in [9.17, 15) is 14.0 Å². The van der Waals surface area contributed by atoms with Gasteiger partial charge in [-0.2, -0.15) is 0 Å².